The van der Waals surface area contributed by atoms with E-state index in [1.54, 1.807) is 29.2 Å². The molecule has 8 nitrogen and oxygen atoms in total. The minimum Gasteiger partial charge on any atom is -0.394 e. The van der Waals surface area contributed by atoms with Crippen molar-refractivity contribution in [1.82, 2.24) is 14.5 Å². The second-order valence-corrected chi connectivity index (χ2v) is 11.7. The van der Waals surface area contributed by atoms with Gasteiger partial charge in [0.2, 0.25) is 15.9 Å². The molecule has 2 unspecified atom stereocenters. The molecule has 0 saturated carbocycles. The zero-order valence-corrected chi connectivity index (χ0v) is 21.7. The summed E-state index contributed by atoms with van der Waals surface area (Å²) >= 11 is 5.96. The zero-order valence-electron chi connectivity index (χ0n) is 20.1. The Morgan fingerprint density at radius 1 is 1.03 bits per heavy atom. The minimum atomic E-state index is -4.01. The van der Waals surface area contributed by atoms with Crippen LogP contribution in [0.5, 0.6) is 0 Å². The molecule has 2 heterocycles. The number of aliphatic hydroxyl groups is 1. The second-order valence-electron chi connectivity index (χ2n) is 9.33. The van der Waals surface area contributed by atoms with Gasteiger partial charge in [0.25, 0.3) is 5.91 Å². The molecule has 0 bridgehead atoms. The van der Waals surface area contributed by atoms with E-state index in [-0.39, 0.29) is 35.9 Å². The van der Waals surface area contributed by atoms with E-state index >= 15 is 0 Å². The number of hydrogen-bond donors (Lipinski definition) is 2. The van der Waals surface area contributed by atoms with Gasteiger partial charge in [0.1, 0.15) is 6.04 Å². The maximum atomic E-state index is 13.7. The fourth-order valence-electron chi connectivity index (χ4n) is 4.86. The van der Waals surface area contributed by atoms with Crippen LogP contribution in [0.1, 0.15) is 54.4 Å². The number of aliphatic hydroxyl groups excluding tert-OH is 1. The number of likely N-dealkylation sites (tertiary alicyclic amines) is 1. The molecule has 2 amide bonds. The lowest BCUT2D eigenvalue weighted by Crippen LogP contribution is -2.48. The average molecular weight is 534 g/mol. The summed E-state index contributed by atoms with van der Waals surface area (Å²) in [5.41, 5.74) is 1.15. The lowest BCUT2D eigenvalue weighted by atomic mass is 10.0. The zero-order chi connectivity index (χ0) is 25.7. The first-order valence-corrected chi connectivity index (χ1v) is 14.2. The van der Waals surface area contributed by atoms with Crippen LogP contribution in [-0.4, -0.2) is 66.3 Å². The smallest absolute Gasteiger partial charge is 0.254 e. The Morgan fingerprint density at radius 3 is 2.42 bits per heavy atom. The monoisotopic (exact) mass is 533 g/mol. The third kappa shape index (κ3) is 5.91. The largest absolute Gasteiger partial charge is 0.394 e. The molecule has 2 atom stereocenters. The maximum Gasteiger partial charge on any atom is 0.254 e. The van der Waals surface area contributed by atoms with Gasteiger partial charge in [-0.1, -0.05) is 23.7 Å². The summed E-state index contributed by atoms with van der Waals surface area (Å²) in [5.74, 6) is -0.453. The van der Waals surface area contributed by atoms with Crippen LogP contribution in [0.25, 0.3) is 0 Å². The Kier molecular flexibility index (Phi) is 8.66. The van der Waals surface area contributed by atoms with E-state index in [1.165, 1.54) is 28.6 Å². The Hall–Kier alpha value is -2.46. The third-order valence-corrected chi connectivity index (χ3v) is 9.03. The highest BCUT2D eigenvalue weighted by atomic mass is 35.5. The van der Waals surface area contributed by atoms with Crippen molar-refractivity contribution in [2.24, 2.45) is 0 Å². The molecule has 36 heavy (non-hydrogen) atoms. The van der Waals surface area contributed by atoms with Crippen LogP contribution >= 0.6 is 11.6 Å². The Morgan fingerprint density at radius 2 is 1.72 bits per heavy atom. The van der Waals surface area contributed by atoms with E-state index in [0.717, 1.165) is 32.1 Å². The highest BCUT2D eigenvalue weighted by Gasteiger charge is 2.36. The van der Waals surface area contributed by atoms with Gasteiger partial charge in [0.05, 0.1) is 17.5 Å². The Bertz CT molecular complexity index is 1170. The van der Waals surface area contributed by atoms with Gasteiger partial charge in [-0.25, -0.2) is 8.42 Å². The third-order valence-electron chi connectivity index (χ3n) is 6.91. The Balaban J connectivity index is 1.60. The highest BCUT2D eigenvalue weighted by molar-refractivity contribution is 7.89. The van der Waals surface area contributed by atoms with Gasteiger partial charge in [-0.05, 0) is 80.5 Å². The van der Waals surface area contributed by atoms with Gasteiger partial charge in [-0.2, -0.15) is 4.31 Å². The van der Waals surface area contributed by atoms with Crippen LogP contribution in [0, 0.1) is 0 Å². The number of amides is 2. The van der Waals surface area contributed by atoms with E-state index < -0.39 is 16.1 Å². The predicted molar refractivity (Wildman–Crippen MR) is 137 cm³/mol. The Labute approximate surface area is 217 Å². The number of sulfonamides is 1. The molecular formula is C26H32ClN3O5S. The lowest BCUT2D eigenvalue weighted by Gasteiger charge is -2.34. The predicted octanol–water partition coefficient (Wildman–Crippen LogP) is 3.19. The summed E-state index contributed by atoms with van der Waals surface area (Å²) in [6, 6.07) is 11.7. The number of nitrogens with one attached hydrogen (secondary N) is 1. The second kappa shape index (κ2) is 11.7. The van der Waals surface area contributed by atoms with Crippen molar-refractivity contribution >= 4 is 33.4 Å². The molecule has 4 rings (SSSR count). The number of benzene rings is 2. The van der Waals surface area contributed by atoms with Crippen LogP contribution in [0.3, 0.4) is 0 Å². The van der Waals surface area contributed by atoms with Gasteiger partial charge < -0.3 is 15.3 Å². The van der Waals surface area contributed by atoms with Gasteiger partial charge in [0, 0.05) is 30.2 Å². The van der Waals surface area contributed by atoms with Crippen molar-refractivity contribution in [2.45, 2.75) is 62.0 Å². The summed E-state index contributed by atoms with van der Waals surface area (Å²) in [6.45, 7) is 1.05. The number of carbonyl (C=O) groups is 2. The molecule has 10 heteroatoms. The molecule has 2 fully saturated rings. The number of halogens is 1. The average Bonchev–Trinajstić information content (AvgIpc) is 3.11. The first-order chi connectivity index (χ1) is 17.3. The molecule has 0 aromatic heterocycles. The van der Waals surface area contributed by atoms with Crippen molar-refractivity contribution in [1.29, 1.82) is 0 Å². The molecule has 2 N–H and O–H groups in total. The molecule has 0 radical (unpaired) electrons. The lowest BCUT2D eigenvalue weighted by molar-refractivity contribution is -0.124. The molecule has 194 valence electrons. The molecule has 0 aliphatic carbocycles. The summed E-state index contributed by atoms with van der Waals surface area (Å²) < 4.78 is 28.6. The topological polar surface area (TPSA) is 107 Å². The molecule has 0 spiro atoms. The van der Waals surface area contributed by atoms with Gasteiger partial charge in [-0.15, -0.1) is 0 Å². The quantitative estimate of drug-likeness (QED) is 0.568. The normalized spacial score (nSPS) is 21.2. The van der Waals surface area contributed by atoms with Gasteiger partial charge >= 0.3 is 0 Å². The summed E-state index contributed by atoms with van der Waals surface area (Å²) in [4.78, 5) is 27.7. The fourth-order valence-corrected chi connectivity index (χ4v) is 6.59. The van der Waals surface area contributed by atoms with E-state index in [0.29, 0.717) is 35.7 Å². The van der Waals surface area contributed by atoms with Crippen LogP contribution in [-0.2, 0) is 21.4 Å². The summed E-state index contributed by atoms with van der Waals surface area (Å²) in [7, 11) is -4.01. The summed E-state index contributed by atoms with van der Waals surface area (Å²) in [6.07, 6.45) is 4.61. The highest BCUT2D eigenvalue weighted by Crippen LogP contribution is 2.26. The number of rotatable bonds is 7. The number of carbonyl (C=O) groups excluding carboxylic acids is 2. The van der Waals surface area contributed by atoms with E-state index in [4.69, 9.17) is 11.6 Å². The van der Waals surface area contributed by atoms with Crippen molar-refractivity contribution in [3.63, 3.8) is 0 Å². The minimum absolute atomic E-state index is 0.0134. The van der Waals surface area contributed by atoms with E-state index in [9.17, 15) is 23.1 Å². The van der Waals surface area contributed by atoms with Crippen LogP contribution in [0.15, 0.2) is 53.4 Å². The van der Waals surface area contributed by atoms with Crippen LogP contribution in [0.2, 0.25) is 5.02 Å². The molecule has 2 aromatic rings. The van der Waals surface area contributed by atoms with E-state index in [1.807, 2.05) is 0 Å². The van der Waals surface area contributed by atoms with E-state index in [2.05, 4.69) is 5.32 Å². The van der Waals surface area contributed by atoms with Crippen LogP contribution in [0.4, 0.5) is 0 Å². The number of piperidine rings is 1. The number of nitrogens with zero attached hydrogens (tertiary/aromatic N) is 2. The molecule has 2 saturated heterocycles. The first kappa shape index (κ1) is 26.6. The molecule has 2 aliphatic rings. The fraction of sp³-hybridized carbons (Fsp3) is 0.462. The van der Waals surface area contributed by atoms with Crippen molar-refractivity contribution in [2.75, 3.05) is 19.7 Å². The van der Waals surface area contributed by atoms with Crippen molar-refractivity contribution < 1.29 is 23.1 Å². The van der Waals surface area contributed by atoms with Crippen LogP contribution < -0.4 is 5.32 Å². The molecular weight excluding hydrogens is 502 g/mol. The van der Waals surface area contributed by atoms with Gasteiger partial charge in [0.15, 0.2) is 0 Å². The SMILES string of the molecule is O=C1NCCCCC1N(Cc1ccc(C(=O)N2CCCCC2CO)cc1)S(=O)(=O)c1ccc(Cl)cc1. The van der Waals surface area contributed by atoms with Crippen molar-refractivity contribution in [3.05, 3.63) is 64.7 Å². The first-order valence-electron chi connectivity index (χ1n) is 12.4. The molecule has 2 aliphatic heterocycles. The van der Waals surface area contributed by atoms with Crippen molar-refractivity contribution in [3.8, 4) is 0 Å². The summed E-state index contributed by atoms with van der Waals surface area (Å²) in [5, 5.41) is 12.9. The number of hydrogen-bond acceptors (Lipinski definition) is 5. The van der Waals surface area contributed by atoms with Gasteiger partial charge in [-0.3, -0.25) is 9.59 Å². The maximum absolute atomic E-state index is 13.7. The molecule has 2 aromatic carbocycles. The standard InChI is InChI=1S/C26H32ClN3O5S/c27-21-11-13-23(14-12-21)36(34,35)30(24-6-1-3-15-28-25(24)32)17-19-7-9-20(10-8-19)26(33)29-16-4-2-5-22(29)18-31/h7-14,22,24,31H,1-6,15-18H2,(H,28,32).